The maximum Gasteiger partial charge on any atom is 0.0713 e. The van der Waals surface area contributed by atoms with Gasteiger partial charge in [-0.3, -0.25) is 0 Å². The maximum absolute atomic E-state index is 5.96. The molecule has 0 heterocycles. The first kappa shape index (κ1) is 14.3. The minimum atomic E-state index is 0.670. The molecule has 0 saturated heterocycles. The highest BCUT2D eigenvalue weighted by Crippen LogP contribution is 2.30. The average Bonchev–Trinajstić information content (AvgIpc) is 2.46. The zero-order valence-corrected chi connectivity index (χ0v) is 11.9. The summed E-state index contributed by atoms with van der Waals surface area (Å²) in [5.74, 6) is 0.699. The lowest BCUT2D eigenvalue weighted by atomic mass is 9.83. The summed E-state index contributed by atoms with van der Waals surface area (Å²) in [7, 11) is 1.73. The van der Waals surface area contributed by atoms with Crippen molar-refractivity contribution in [2.24, 2.45) is 11.7 Å². The Morgan fingerprint density at radius 2 is 2.11 bits per heavy atom. The second-order valence-electron chi connectivity index (χ2n) is 5.44. The lowest BCUT2D eigenvalue weighted by molar-refractivity contribution is 0.185. The standard InChI is InChI=1S/C17H25NO/c1-19-13-15-7-5-6-14(10-15)11-17(12-18)16-8-3-2-4-9-16/h5-7,10-11,16H,2-4,8-9,12-13,18H2,1H3. The largest absolute Gasteiger partial charge is 0.380 e. The number of benzene rings is 1. The number of hydrogen-bond donors (Lipinski definition) is 1. The first-order valence-corrected chi connectivity index (χ1v) is 7.32. The molecule has 1 saturated carbocycles. The van der Waals surface area contributed by atoms with E-state index in [9.17, 15) is 0 Å². The van der Waals surface area contributed by atoms with Gasteiger partial charge in [0.05, 0.1) is 6.61 Å². The molecule has 1 aromatic carbocycles. The highest BCUT2D eigenvalue weighted by molar-refractivity contribution is 5.54. The second-order valence-corrected chi connectivity index (χ2v) is 5.44. The van der Waals surface area contributed by atoms with E-state index in [1.807, 2.05) is 0 Å². The fourth-order valence-electron chi connectivity index (χ4n) is 2.97. The van der Waals surface area contributed by atoms with Gasteiger partial charge in [0.15, 0.2) is 0 Å². The second kappa shape index (κ2) is 7.46. The molecule has 2 rings (SSSR count). The highest BCUT2D eigenvalue weighted by atomic mass is 16.5. The van der Waals surface area contributed by atoms with E-state index in [-0.39, 0.29) is 0 Å². The van der Waals surface area contributed by atoms with E-state index in [4.69, 9.17) is 10.5 Å². The molecule has 0 aliphatic heterocycles. The summed E-state index contributed by atoms with van der Waals surface area (Å²) in [4.78, 5) is 0. The van der Waals surface area contributed by atoms with Crippen molar-refractivity contribution in [3.63, 3.8) is 0 Å². The highest BCUT2D eigenvalue weighted by Gasteiger charge is 2.16. The van der Waals surface area contributed by atoms with Crippen LogP contribution in [-0.4, -0.2) is 13.7 Å². The molecule has 1 fully saturated rings. The normalized spacial score (nSPS) is 17.7. The molecule has 0 spiro atoms. The Morgan fingerprint density at radius 3 is 2.79 bits per heavy atom. The first-order chi connectivity index (χ1) is 9.33. The predicted molar refractivity (Wildman–Crippen MR) is 80.8 cm³/mol. The van der Waals surface area contributed by atoms with Crippen LogP contribution in [0, 0.1) is 5.92 Å². The SMILES string of the molecule is COCc1cccc(C=C(CN)C2CCCCC2)c1. The molecule has 2 heteroatoms. The molecule has 0 radical (unpaired) electrons. The lowest BCUT2D eigenvalue weighted by Gasteiger charge is -2.24. The van der Waals surface area contributed by atoms with Crippen LogP contribution in [0.1, 0.15) is 43.2 Å². The summed E-state index contributed by atoms with van der Waals surface area (Å²) >= 11 is 0. The predicted octanol–water partition coefficient (Wildman–Crippen LogP) is 3.76. The van der Waals surface area contributed by atoms with Gasteiger partial charge in [-0.15, -0.1) is 0 Å². The van der Waals surface area contributed by atoms with E-state index in [0.29, 0.717) is 19.1 Å². The lowest BCUT2D eigenvalue weighted by Crippen LogP contribution is -2.16. The van der Waals surface area contributed by atoms with Crippen LogP contribution in [0.2, 0.25) is 0 Å². The average molecular weight is 259 g/mol. The van der Waals surface area contributed by atoms with Crippen LogP contribution in [-0.2, 0) is 11.3 Å². The van der Waals surface area contributed by atoms with E-state index in [1.165, 1.54) is 48.8 Å². The van der Waals surface area contributed by atoms with Crippen LogP contribution < -0.4 is 5.73 Å². The Labute approximate surface area is 116 Å². The van der Waals surface area contributed by atoms with Gasteiger partial charge in [0.2, 0.25) is 0 Å². The van der Waals surface area contributed by atoms with Gasteiger partial charge in [-0.25, -0.2) is 0 Å². The van der Waals surface area contributed by atoms with Gasteiger partial charge in [-0.2, -0.15) is 0 Å². The molecular formula is C17H25NO. The van der Waals surface area contributed by atoms with Crippen LogP contribution >= 0.6 is 0 Å². The fourth-order valence-corrected chi connectivity index (χ4v) is 2.97. The van der Waals surface area contributed by atoms with Crippen molar-refractivity contribution >= 4 is 6.08 Å². The molecule has 2 N–H and O–H groups in total. The van der Waals surface area contributed by atoms with E-state index < -0.39 is 0 Å². The molecule has 1 aliphatic carbocycles. The number of hydrogen-bond acceptors (Lipinski definition) is 2. The molecule has 1 aromatic rings. The molecule has 0 aromatic heterocycles. The Kier molecular flexibility index (Phi) is 5.62. The molecule has 0 atom stereocenters. The van der Waals surface area contributed by atoms with Crippen LogP contribution in [0.3, 0.4) is 0 Å². The third kappa shape index (κ3) is 4.19. The Morgan fingerprint density at radius 1 is 1.32 bits per heavy atom. The zero-order chi connectivity index (χ0) is 13.5. The molecule has 19 heavy (non-hydrogen) atoms. The maximum atomic E-state index is 5.96. The summed E-state index contributed by atoms with van der Waals surface area (Å²) in [6.45, 7) is 1.35. The van der Waals surface area contributed by atoms with Gasteiger partial charge in [0, 0.05) is 13.7 Å². The Bertz CT molecular complexity index is 419. The summed E-state index contributed by atoms with van der Waals surface area (Å²) in [6, 6.07) is 8.54. The topological polar surface area (TPSA) is 35.2 Å². The molecule has 0 unspecified atom stereocenters. The van der Waals surface area contributed by atoms with Gasteiger partial charge in [0.1, 0.15) is 0 Å². The van der Waals surface area contributed by atoms with Crippen molar-refractivity contribution in [2.45, 2.75) is 38.7 Å². The molecule has 104 valence electrons. The van der Waals surface area contributed by atoms with Crippen molar-refractivity contribution in [1.29, 1.82) is 0 Å². The van der Waals surface area contributed by atoms with Gasteiger partial charge in [-0.05, 0) is 36.0 Å². The molecule has 2 nitrogen and oxygen atoms in total. The van der Waals surface area contributed by atoms with E-state index >= 15 is 0 Å². The third-order valence-corrected chi connectivity index (χ3v) is 3.98. The number of methoxy groups -OCH3 is 1. The number of rotatable bonds is 5. The summed E-state index contributed by atoms with van der Waals surface area (Å²) in [5.41, 5.74) is 9.84. The van der Waals surface area contributed by atoms with Gasteiger partial charge in [-0.1, -0.05) is 49.1 Å². The molecule has 1 aliphatic rings. The van der Waals surface area contributed by atoms with E-state index in [1.54, 1.807) is 7.11 Å². The summed E-state index contributed by atoms with van der Waals surface area (Å²) < 4.78 is 5.19. The fraction of sp³-hybridized carbons (Fsp3) is 0.529. The first-order valence-electron chi connectivity index (χ1n) is 7.32. The quantitative estimate of drug-likeness (QED) is 0.874. The molecule has 0 bridgehead atoms. The van der Waals surface area contributed by atoms with Crippen LogP contribution in [0.25, 0.3) is 6.08 Å². The van der Waals surface area contributed by atoms with Crippen LogP contribution in [0.5, 0.6) is 0 Å². The van der Waals surface area contributed by atoms with Gasteiger partial charge < -0.3 is 10.5 Å². The van der Waals surface area contributed by atoms with E-state index in [2.05, 4.69) is 30.3 Å². The van der Waals surface area contributed by atoms with Crippen molar-refractivity contribution in [2.75, 3.05) is 13.7 Å². The summed E-state index contributed by atoms with van der Waals surface area (Å²) in [5, 5.41) is 0. The molecule has 0 amide bonds. The van der Waals surface area contributed by atoms with E-state index in [0.717, 1.165) is 0 Å². The van der Waals surface area contributed by atoms with Crippen molar-refractivity contribution in [3.8, 4) is 0 Å². The van der Waals surface area contributed by atoms with Gasteiger partial charge in [0.25, 0.3) is 0 Å². The van der Waals surface area contributed by atoms with Crippen molar-refractivity contribution in [1.82, 2.24) is 0 Å². The Balaban J connectivity index is 2.14. The van der Waals surface area contributed by atoms with Crippen molar-refractivity contribution in [3.05, 3.63) is 41.0 Å². The Hall–Kier alpha value is -1.12. The van der Waals surface area contributed by atoms with Gasteiger partial charge >= 0.3 is 0 Å². The zero-order valence-electron chi connectivity index (χ0n) is 11.9. The van der Waals surface area contributed by atoms with Crippen LogP contribution in [0.4, 0.5) is 0 Å². The minimum Gasteiger partial charge on any atom is -0.380 e. The number of nitrogens with two attached hydrogens (primary N) is 1. The molecular weight excluding hydrogens is 234 g/mol. The summed E-state index contributed by atoms with van der Waals surface area (Å²) in [6.07, 6.45) is 8.99. The number of ether oxygens (including phenoxy) is 1. The monoisotopic (exact) mass is 259 g/mol. The van der Waals surface area contributed by atoms with Crippen molar-refractivity contribution < 1.29 is 4.74 Å². The minimum absolute atomic E-state index is 0.670. The van der Waals surface area contributed by atoms with Crippen LogP contribution in [0.15, 0.2) is 29.8 Å². The smallest absolute Gasteiger partial charge is 0.0713 e. The third-order valence-electron chi connectivity index (χ3n) is 3.98.